The van der Waals surface area contributed by atoms with Crippen LogP contribution in [0.5, 0.6) is 0 Å². The standard InChI is InChI=1S/C9H20O2/c1-2-11-9-7-5-3-4-6-8-10/h10H,2-9H2,1H3. The fraction of sp³-hybridized carbons (Fsp3) is 1.00. The van der Waals surface area contributed by atoms with E-state index in [4.69, 9.17) is 9.84 Å². The Morgan fingerprint density at radius 3 is 2.27 bits per heavy atom. The Morgan fingerprint density at radius 2 is 1.64 bits per heavy atom. The maximum absolute atomic E-state index is 8.48. The Kier molecular flexibility index (Phi) is 9.85. The van der Waals surface area contributed by atoms with Gasteiger partial charge < -0.3 is 9.84 Å². The molecule has 0 rings (SSSR count). The van der Waals surface area contributed by atoms with Gasteiger partial charge in [-0.3, -0.25) is 0 Å². The molecule has 0 aromatic rings. The van der Waals surface area contributed by atoms with Gasteiger partial charge in [-0.1, -0.05) is 19.3 Å². The number of rotatable bonds is 8. The largest absolute Gasteiger partial charge is 0.396 e. The second-order valence-electron chi connectivity index (χ2n) is 2.69. The number of aliphatic hydroxyl groups excluding tert-OH is 1. The fourth-order valence-electron chi connectivity index (χ4n) is 0.991. The molecular weight excluding hydrogens is 140 g/mol. The lowest BCUT2D eigenvalue weighted by molar-refractivity contribution is 0.142. The average Bonchev–Trinajstić information content (AvgIpc) is 2.03. The van der Waals surface area contributed by atoms with E-state index in [0.29, 0.717) is 6.61 Å². The molecular formula is C9H20O2. The number of unbranched alkanes of at least 4 members (excludes halogenated alkanes) is 4. The lowest BCUT2D eigenvalue weighted by Gasteiger charge is -2.00. The first-order valence-corrected chi connectivity index (χ1v) is 4.60. The van der Waals surface area contributed by atoms with Crippen LogP contribution >= 0.6 is 0 Å². The molecule has 0 aliphatic rings. The SMILES string of the molecule is CCOCCCCCCCO. The van der Waals surface area contributed by atoms with Crippen LogP contribution in [0.15, 0.2) is 0 Å². The van der Waals surface area contributed by atoms with Gasteiger partial charge in [0.1, 0.15) is 0 Å². The van der Waals surface area contributed by atoms with Crippen LogP contribution in [0, 0.1) is 0 Å². The van der Waals surface area contributed by atoms with Crippen molar-refractivity contribution in [2.75, 3.05) is 19.8 Å². The second kappa shape index (κ2) is 9.92. The summed E-state index contributed by atoms with van der Waals surface area (Å²) >= 11 is 0. The van der Waals surface area contributed by atoms with Crippen molar-refractivity contribution in [3.63, 3.8) is 0 Å². The van der Waals surface area contributed by atoms with E-state index < -0.39 is 0 Å². The van der Waals surface area contributed by atoms with Crippen LogP contribution in [-0.2, 0) is 4.74 Å². The zero-order valence-corrected chi connectivity index (χ0v) is 7.51. The summed E-state index contributed by atoms with van der Waals surface area (Å²) in [6.07, 6.45) is 5.74. The molecule has 0 heterocycles. The molecule has 0 amide bonds. The number of aliphatic hydroxyl groups is 1. The van der Waals surface area contributed by atoms with Crippen LogP contribution in [0.3, 0.4) is 0 Å². The van der Waals surface area contributed by atoms with E-state index in [2.05, 4.69) is 0 Å². The highest BCUT2D eigenvalue weighted by molar-refractivity contribution is 4.42. The molecule has 0 aliphatic carbocycles. The number of ether oxygens (including phenoxy) is 1. The summed E-state index contributed by atoms with van der Waals surface area (Å²) in [4.78, 5) is 0. The lowest BCUT2D eigenvalue weighted by Crippen LogP contribution is -1.93. The molecule has 1 N–H and O–H groups in total. The Balaban J connectivity index is 2.69. The summed E-state index contributed by atoms with van der Waals surface area (Å²) in [6, 6.07) is 0. The first kappa shape index (κ1) is 10.9. The van der Waals surface area contributed by atoms with Crippen LogP contribution in [0.25, 0.3) is 0 Å². The van der Waals surface area contributed by atoms with Gasteiger partial charge in [-0.25, -0.2) is 0 Å². The zero-order valence-electron chi connectivity index (χ0n) is 7.51. The summed E-state index contributed by atoms with van der Waals surface area (Å²) in [6.45, 7) is 4.09. The normalized spacial score (nSPS) is 10.4. The molecule has 0 radical (unpaired) electrons. The summed E-state index contributed by atoms with van der Waals surface area (Å²) in [7, 11) is 0. The Labute approximate surface area is 69.6 Å². The molecule has 0 fully saturated rings. The summed E-state index contributed by atoms with van der Waals surface area (Å²) in [5, 5.41) is 8.48. The van der Waals surface area contributed by atoms with E-state index >= 15 is 0 Å². The van der Waals surface area contributed by atoms with E-state index in [9.17, 15) is 0 Å². The Hall–Kier alpha value is -0.0800. The third-order valence-electron chi connectivity index (χ3n) is 1.65. The maximum Gasteiger partial charge on any atom is 0.0465 e. The molecule has 0 unspecified atom stereocenters. The van der Waals surface area contributed by atoms with Crippen molar-refractivity contribution in [2.24, 2.45) is 0 Å². The van der Waals surface area contributed by atoms with Gasteiger partial charge in [-0.15, -0.1) is 0 Å². The van der Waals surface area contributed by atoms with Gasteiger partial charge in [0.05, 0.1) is 0 Å². The molecule has 0 saturated carbocycles. The van der Waals surface area contributed by atoms with Gasteiger partial charge in [0, 0.05) is 19.8 Å². The fourth-order valence-corrected chi connectivity index (χ4v) is 0.991. The monoisotopic (exact) mass is 160 g/mol. The third-order valence-corrected chi connectivity index (χ3v) is 1.65. The summed E-state index contributed by atoms with van der Waals surface area (Å²) in [5.74, 6) is 0. The molecule has 0 aliphatic heterocycles. The van der Waals surface area contributed by atoms with E-state index in [1.54, 1.807) is 0 Å². The minimum absolute atomic E-state index is 0.339. The van der Waals surface area contributed by atoms with Crippen molar-refractivity contribution < 1.29 is 9.84 Å². The maximum atomic E-state index is 8.48. The van der Waals surface area contributed by atoms with Gasteiger partial charge in [0.2, 0.25) is 0 Å². The minimum Gasteiger partial charge on any atom is -0.396 e. The van der Waals surface area contributed by atoms with Crippen LogP contribution in [0.4, 0.5) is 0 Å². The van der Waals surface area contributed by atoms with E-state index in [1.807, 2.05) is 6.92 Å². The molecule has 0 saturated heterocycles. The quantitative estimate of drug-likeness (QED) is 0.550. The highest BCUT2D eigenvalue weighted by atomic mass is 16.5. The molecule has 0 spiro atoms. The Bertz CT molecular complexity index is 56.6. The van der Waals surface area contributed by atoms with Crippen molar-refractivity contribution in [1.29, 1.82) is 0 Å². The topological polar surface area (TPSA) is 29.5 Å². The first-order chi connectivity index (χ1) is 5.41. The lowest BCUT2D eigenvalue weighted by atomic mass is 10.1. The van der Waals surface area contributed by atoms with E-state index in [-0.39, 0.29) is 0 Å². The van der Waals surface area contributed by atoms with Crippen molar-refractivity contribution in [2.45, 2.75) is 39.0 Å². The molecule has 68 valence electrons. The van der Waals surface area contributed by atoms with Crippen LogP contribution < -0.4 is 0 Å². The molecule has 0 aromatic carbocycles. The second-order valence-corrected chi connectivity index (χ2v) is 2.69. The van der Waals surface area contributed by atoms with Gasteiger partial charge in [0.15, 0.2) is 0 Å². The van der Waals surface area contributed by atoms with Gasteiger partial charge in [-0.05, 0) is 19.8 Å². The van der Waals surface area contributed by atoms with Crippen LogP contribution in [0.1, 0.15) is 39.0 Å². The van der Waals surface area contributed by atoms with Crippen LogP contribution in [-0.4, -0.2) is 24.9 Å². The molecule has 11 heavy (non-hydrogen) atoms. The smallest absolute Gasteiger partial charge is 0.0465 e. The van der Waals surface area contributed by atoms with Crippen molar-refractivity contribution in [3.05, 3.63) is 0 Å². The van der Waals surface area contributed by atoms with Gasteiger partial charge >= 0.3 is 0 Å². The first-order valence-electron chi connectivity index (χ1n) is 4.60. The molecule has 0 atom stereocenters. The van der Waals surface area contributed by atoms with Crippen molar-refractivity contribution in [3.8, 4) is 0 Å². The molecule has 0 aromatic heterocycles. The molecule has 0 bridgehead atoms. The number of hydrogen-bond acceptors (Lipinski definition) is 2. The average molecular weight is 160 g/mol. The van der Waals surface area contributed by atoms with Crippen molar-refractivity contribution >= 4 is 0 Å². The third kappa shape index (κ3) is 9.92. The van der Waals surface area contributed by atoms with Gasteiger partial charge in [0.25, 0.3) is 0 Å². The molecule has 2 nitrogen and oxygen atoms in total. The predicted octanol–water partition coefficient (Wildman–Crippen LogP) is 1.97. The summed E-state index contributed by atoms with van der Waals surface area (Å²) in [5.41, 5.74) is 0. The van der Waals surface area contributed by atoms with Gasteiger partial charge in [-0.2, -0.15) is 0 Å². The van der Waals surface area contributed by atoms with E-state index in [1.165, 1.54) is 19.3 Å². The van der Waals surface area contributed by atoms with E-state index in [0.717, 1.165) is 26.1 Å². The molecule has 2 heteroatoms. The minimum atomic E-state index is 0.339. The predicted molar refractivity (Wildman–Crippen MR) is 46.7 cm³/mol. The van der Waals surface area contributed by atoms with Crippen LogP contribution in [0.2, 0.25) is 0 Å². The summed E-state index contributed by atoms with van der Waals surface area (Å²) < 4.78 is 5.19. The highest BCUT2D eigenvalue weighted by Crippen LogP contribution is 2.02. The zero-order chi connectivity index (χ0) is 8.36. The van der Waals surface area contributed by atoms with Crippen molar-refractivity contribution in [1.82, 2.24) is 0 Å². The Morgan fingerprint density at radius 1 is 1.00 bits per heavy atom. The highest BCUT2D eigenvalue weighted by Gasteiger charge is 1.89. The number of hydrogen-bond donors (Lipinski definition) is 1.